The van der Waals surface area contributed by atoms with Crippen LogP contribution in [0.15, 0.2) is 12.3 Å². The molecule has 54 valence electrons. The van der Waals surface area contributed by atoms with Crippen LogP contribution < -0.4 is 0 Å². The van der Waals surface area contributed by atoms with Crippen molar-refractivity contribution in [3.63, 3.8) is 0 Å². The molecule has 1 aromatic rings. The van der Waals surface area contributed by atoms with Crippen LogP contribution in [0, 0.1) is 5.92 Å². The zero-order valence-electron chi connectivity index (χ0n) is 6.41. The molecule has 0 fully saturated rings. The molecule has 0 aliphatic carbocycles. The van der Waals surface area contributed by atoms with Crippen LogP contribution >= 0.6 is 0 Å². The molecule has 1 aliphatic heterocycles. The zero-order valence-corrected chi connectivity index (χ0v) is 6.41. The van der Waals surface area contributed by atoms with Crippen molar-refractivity contribution in [2.24, 2.45) is 5.92 Å². The fraction of sp³-hybridized carbons (Fsp3) is 0.625. The molecule has 1 aromatic heterocycles. The quantitative estimate of drug-likeness (QED) is 0.530. The number of rotatable bonds is 0. The van der Waals surface area contributed by atoms with Gasteiger partial charge in [-0.25, -0.2) is 0 Å². The molecule has 0 N–H and O–H groups in total. The lowest BCUT2D eigenvalue weighted by atomic mass is 9.97. The standard InChI is InChI=1S/C8H12N2/c1-6-5-10-8(7(6)2)3-4-9-10/h3-4,6-7H,5H2,1-2H3. The van der Waals surface area contributed by atoms with Crippen molar-refractivity contribution in [3.05, 3.63) is 18.0 Å². The Bertz CT molecular complexity index is 239. The van der Waals surface area contributed by atoms with Gasteiger partial charge in [0.2, 0.25) is 0 Å². The lowest BCUT2D eigenvalue weighted by molar-refractivity contribution is 0.483. The summed E-state index contributed by atoms with van der Waals surface area (Å²) >= 11 is 0. The molecule has 2 unspecified atom stereocenters. The Balaban J connectivity index is 2.43. The third kappa shape index (κ3) is 0.618. The summed E-state index contributed by atoms with van der Waals surface area (Å²) in [4.78, 5) is 0. The summed E-state index contributed by atoms with van der Waals surface area (Å²) in [5, 5.41) is 4.21. The minimum absolute atomic E-state index is 0.697. The summed E-state index contributed by atoms with van der Waals surface area (Å²) < 4.78 is 2.11. The van der Waals surface area contributed by atoms with E-state index in [9.17, 15) is 0 Å². The Labute approximate surface area is 60.9 Å². The summed E-state index contributed by atoms with van der Waals surface area (Å²) in [6, 6.07) is 2.12. The molecule has 2 heteroatoms. The van der Waals surface area contributed by atoms with Crippen LogP contribution in [-0.2, 0) is 6.54 Å². The van der Waals surface area contributed by atoms with Crippen molar-refractivity contribution < 1.29 is 0 Å². The van der Waals surface area contributed by atoms with Gasteiger partial charge in [0, 0.05) is 24.4 Å². The van der Waals surface area contributed by atoms with Gasteiger partial charge in [-0.05, 0) is 12.0 Å². The molecule has 2 nitrogen and oxygen atoms in total. The SMILES string of the molecule is CC1Cn2nccc2C1C. The molecule has 2 atom stereocenters. The molecule has 0 spiro atoms. The van der Waals surface area contributed by atoms with Gasteiger partial charge in [0.05, 0.1) is 0 Å². The predicted molar refractivity (Wildman–Crippen MR) is 39.8 cm³/mol. The van der Waals surface area contributed by atoms with E-state index in [2.05, 4.69) is 29.7 Å². The molecule has 10 heavy (non-hydrogen) atoms. The molecule has 2 rings (SSSR count). The van der Waals surface area contributed by atoms with Crippen molar-refractivity contribution in [2.45, 2.75) is 26.3 Å². The third-order valence-corrected chi connectivity index (χ3v) is 2.53. The highest BCUT2D eigenvalue weighted by Gasteiger charge is 2.25. The van der Waals surface area contributed by atoms with E-state index in [1.165, 1.54) is 5.69 Å². The maximum absolute atomic E-state index is 4.21. The van der Waals surface area contributed by atoms with Crippen molar-refractivity contribution in [1.82, 2.24) is 9.78 Å². The smallest absolute Gasteiger partial charge is 0.0492 e. The van der Waals surface area contributed by atoms with Crippen molar-refractivity contribution in [1.29, 1.82) is 0 Å². The first-order chi connectivity index (χ1) is 4.79. The predicted octanol–water partition coefficient (Wildman–Crippen LogP) is 1.64. The van der Waals surface area contributed by atoms with Gasteiger partial charge in [0.1, 0.15) is 0 Å². The zero-order chi connectivity index (χ0) is 7.14. The van der Waals surface area contributed by atoms with E-state index in [-0.39, 0.29) is 0 Å². The summed E-state index contributed by atoms with van der Waals surface area (Å²) in [7, 11) is 0. The maximum Gasteiger partial charge on any atom is 0.0492 e. The molecule has 0 saturated heterocycles. The van der Waals surface area contributed by atoms with E-state index < -0.39 is 0 Å². The monoisotopic (exact) mass is 136 g/mol. The van der Waals surface area contributed by atoms with Crippen LogP contribution in [0.4, 0.5) is 0 Å². The van der Waals surface area contributed by atoms with Gasteiger partial charge in [-0.2, -0.15) is 5.10 Å². The second-order valence-corrected chi connectivity index (χ2v) is 3.20. The molecular weight excluding hydrogens is 124 g/mol. The van der Waals surface area contributed by atoms with Crippen LogP contribution in [0.1, 0.15) is 25.5 Å². The molecule has 0 saturated carbocycles. The normalized spacial score (nSPS) is 30.6. The van der Waals surface area contributed by atoms with E-state index in [0.29, 0.717) is 5.92 Å². The molecule has 1 aliphatic rings. The van der Waals surface area contributed by atoms with Gasteiger partial charge in [-0.1, -0.05) is 13.8 Å². The first-order valence-corrected chi connectivity index (χ1v) is 3.80. The first kappa shape index (κ1) is 5.96. The Morgan fingerprint density at radius 2 is 2.40 bits per heavy atom. The largest absolute Gasteiger partial charge is 0.269 e. The maximum atomic E-state index is 4.21. The first-order valence-electron chi connectivity index (χ1n) is 3.80. The fourth-order valence-electron chi connectivity index (χ4n) is 1.60. The van der Waals surface area contributed by atoms with E-state index in [0.717, 1.165) is 12.5 Å². The van der Waals surface area contributed by atoms with Gasteiger partial charge < -0.3 is 0 Å². The number of hydrogen-bond donors (Lipinski definition) is 0. The molecular formula is C8H12N2. The highest BCUT2D eigenvalue weighted by atomic mass is 15.3. The second-order valence-electron chi connectivity index (χ2n) is 3.20. The number of aromatic nitrogens is 2. The topological polar surface area (TPSA) is 17.8 Å². The summed E-state index contributed by atoms with van der Waals surface area (Å²) in [5.74, 6) is 1.46. The average molecular weight is 136 g/mol. The van der Waals surface area contributed by atoms with Crippen LogP contribution in [0.3, 0.4) is 0 Å². The van der Waals surface area contributed by atoms with E-state index in [4.69, 9.17) is 0 Å². The summed E-state index contributed by atoms with van der Waals surface area (Å²) in [5.41, 5.74) is 1.40. The lowest BCUT2D eigenvalue weighted by Crippen LogP contribution is -2.00. The minimum atomic E-state index is 0.697. The van der Waals surface area contributed by atoms with Crippen LogP contribution in [0.25, 0.3) is 0 Å². The van der Waals surface area contributed by atoms with Crippen LogP contribution in [0.2, 0.25) is 0 Å². The molecule has 0 aromatic carbocycles. The Morgan fingerprint density at radius 3 is 3.10 bits per heavy atom. The van der Waals surface area contributed by atoms with Gasteiger partial charge in [-0.15, -0.1) is 0 Å². The minimum Gasteiger partial charge on any atom is -0.269 e. The number of nitrogens with zero attached hydrogens (tertiary/aromatic N) is 2. The van der Waals surface area contributed by atoms with Gasteiger partial charge in [0.15, 0.2) is 0 Å². The Morgan fingerprint density at radius 1 is 1.60 bits per heavy atom. The lowest BCUT2D eigenvalue weighted by Gasteiger charge is -2.05. The number of fused-ring (bicyclic) bond motifs is 1. The second kappa shape index (κ2) is 1.84. The highest BCUT2D eigenvalue weighted by molar-refractivity contribution is 5.11. The van der Waals surface area contributed by atoms with Crippen molar-refractivity contribution in [2.75, 3.05) is 0 Å². The van der Waals surface area contributed by atoms with E-state index in [1.54, 1.807) is 0 Å². The van der Waals surface area contributed by atoms with E-state index >= 15 is 0 Å². The highest BCUT2D eigenvalue weighted by Crippen LogP contribution is 2.31. The average Bonchev–Trinajstić information content (AvgIpc) is 2.41. The summed E-state index contributed by atoms with van der Waals surface area (Å²) in [6.07, 6.45) is 1.89. The molecule has 0 radical (unpaired) electrons. The van der Waals surface area contributed by atoms with Crippen LogP contribution in [-0.4, -0.2) is 9.78 Å². The van der Waals surface area contributed by atoms with E-state index in [1.807, 2.05) is 6.20 Å². The molecule has 0 amide bonds. The van der Waals surface area contributed by atoms with Crippen LogP contribution in [0.5, 0.6) is 0 Å². The van der Waals surface area contributed by atoms with Gasteiger partial charge in [0.25, 0.3) is 0 Å². The van der Waals surface area contributed by atoms with Gasteiger partial charge >= 0.3 is 0 Å². The third-order valence-electron chi connectivity index (χ3n) is 2.53. The van der Waals surface area contributed by atoms with Crippen molar-refractivity contribution >= 4 is 0 Å². The van der Waals surface area contributed by atoms with Gasteiger partial charge in [-0.3, -0.25) is 4.68 Å². The van der Waals surface area contributed by atoms with Crippen molar-refractivity contribution in [3.8, 4) is 0 Å². The number of hydrogen-bond acceptors (Lipinski definition) is 1. The molecule has 2 heterocycles. The summed E-state index contributed by atoms with van der Waals surface area (Å²) in [6.45, 7) is 5.65. The molecule has 0 bridgehead atoms. The Kier molecular flexibility index (Phi) is 1.10. The fourth-order valence-corrected chi connectivity index (χ4v) is 1.60. The Hall–Kier alpha value is -0.790.